The summed E-state index contributed by atoms with van der Waals surface area (Å²) in [5.41, 5.74) is 5.69. The molecule has 0 heterocycles. The molecule has 0 saturated carbocycles. The van der Waals surface area contributed by atoms with Crippen LogP contribution in [-0.2, 0) is 4.79 Å². The van der Waals surface area contributed by atoms with E-state index >= 15 is 0 Å². The molecule has 0 aromatic rings. The van der Waals surface area contributed by atoms with E-state index in [4.69, 9.17) is 10.8 Å². The SMILES string of the molecule is CC(N)CCCCCCCCCCCCC(=O)O. The molecule has 0 amide bonds. The van der Waals surface area contributed by atoms with Crippen LogP contribution < -0.4 is 5.73 Å². The summed E-state index contributed by atoms with van der Waals surface area (Å²) in [5.74, 6) is -0.665. The zero-order valence-electron chi connectivity index (χ0n) is 12.0. The number of hydrogen-bond donors (Lipinski definition) is 2. The Morgan fingerprint density at radius 2 is 1.28 bits per heavy atom. The first-order valence-corrected chi connectivity index (χ1v) is 7.60. The molecule has 0 aliphatic rings. The van der Waals surface area contributed by atoms with Crippen molar-refractivity contribution in [2.75, 3.05) is 0 Å². The predicted octanol–water partition coefficient (Wildman–Crippen LogP) is 4.10. The first kappa shape index (κ1) is 17.4. The van der Waals surface area contributed by atoms with Crippen LogP contribution in [0.15, 0.2) is 0 Å². The maximum Gasteiger partial charge on any atom is 0.303 e. The summed E-state index contributed by atoms with van der Waals surface area (Å²) < 4.78 is 0. The second-order valence-electron chi connectivity index (χ2n) is 5.45. The number of unbranched alkanes of at least 4 members (excludes halogenated alkanes) is 9. The molecule has 0 rings (SSSR count). The number of nitrogens with two attached hydrogens (primary N) is 1. The third-order valence-corrected chi connectivity index (χ3v) is 3.30. The molecule has 0 bridgehead atoms. The van der Waals surface area contributed by atoms with Crippen molar-refractivity contribution in [1.29, 1.82) is 0 Å². The molecule has 0 spiro atoms. The summed E-state index contributed by atoms with van der Waals surface area (Å²) in [5, 5.41) is 8.48. The van der Waals surface area contributed by atoms with Gasteiger partial charge in [0.05, 0.1) is 0 Å². The van der Waals surface area contributed by atoms with Gasteiger partial charge >= 0.3 is 5.97 Å². The van der Waals surface area contributed by atoms with Gasteiger partial charge in [-0.15, -0.1) is 0 Å². The topological polar surface area (TPSA) is 63.3 Å². The van der Waals surface area contributed by atoms with Crippen molar-refractivity contribution in [3.8, 4) is 0 Å². The molecular weight excluding hydrogens is 226 g/mol. The molecule has 0 saturated heterocycles. The van der Waals surface area contributed by atoms with Crippen LogP contribution in [0.3, 0.4) is 0 Å². The fourth-order valence-electron chi connectivity index (χ4n) is 2.16. The molecule has 0 aliphatic heterocycles. The summed E-state index contributed by atoms with van der Waals surface area (Å²) in [4.78, 5) is 10.3. The maximum atomic E-state index is 10.3. The van der Waals surface area contributed by atoms with Crippen LogP contribution in [0, 0.1) is 0 Å². The fourth-order valence-corrected chi connectivity index (χ4v) is 2.16. The van der Waals surface area contributed by atoms with E-state index in [1.54, 1.807) is 0 Å². The highest BCUT2D eigenvalue weighted by Gasteiger charge is 1.97. The highest BCUT2D eigenvalue weighted by molar-refractivity contribution is 5.66. The van der Waals surface area contributed by atoms with E-state index in [1.807, 2.05) is 0 Å². The Balaban J connectivity index is 2.97. The lowest BCUT2D eigenvalue weighted by Crippen LogP contribution is -2.13. The molecule has 0 radical (unpaired) electrons. The van der Waals surface area contributed by atoms with E-state index in [2.05, 4.69) is 6.92 Å². The Kier molecular flexibility index (Phi) is 12.5. The van der Waals surface area contributed by atoms with Crippen LogP contribution in [0.5, 0.6) is 0 Å². The highest BCUT2D eigenvalue weighted by Crippen LogP contribution is 2.12. The number of carbonyl (C=O) groups is 1. The molecule has 1 atom stereocenters. The molecule has 3 heteroatoms. The lowest BCUT2D eigenvalue weighted by Gasteiger charge is -2.04. The van der Waals surface area contributed by atoms with E-state index in [0.29, 0.717) is 12.5 Å². The Labute approximate surface area is 112 Å². The molecule has 108 valence electrons. The Morgan fingerprint density at radius 3 is 1.67 bits per heavy atom. The molecule has 0 aromatic carbocycles. The minimum absolute atomic E-state index is 0.333. The van der Waals surface area contributed by atoms with Gasteiger partial charge in [0.2, 0.25) is 0 Å². The van der Waals surface area contributed by atoms with Gasteiger partial charge in [0.1, 0.15) is 0 Å². The van der Waals surface area contributed by atoms with E-state index < -0.39 is 5.97 Å². The van der Waals surface area contributed by atoms with E-state index in [9.17, 15) is 4.79 Å². The second-order valence-corrected chi connectivity index (χ2v) is 5.45. The molecule has 0 aliphatic carbocycles. The standard InChI is InChI=1S/C15H31NO2/c1-14(16)12-10-8-6-4-2-3-5-7-9-11-13-15(17)18/h14H,2-13,16H2,1H3,(H,17,18). The van der Waals surface area contributed by atoms with Crippen LogP contribution in [-0.4, -0.2) is 17.1 Å². The molecule has 0 aromatic heterocycles. The van der Waals surface area contributed by atoms with Gasteiger partial charge < -0.3 is 10.8 Å². The minimum atomic E-state index is -0.665. The lowest BCUT2D eigenvalue weighted by molar-refractivity contribution is -0.137. The Morgan fingerprint density at radius 1 is 0.889 bits per heavy atom. The van der Waals surface area contributed by atoms with Gasteiger partial charge in [-0.3, -0.25) is 4.79 Å². The number of carboxylic acids is 1. The molecule has 0 fully saturated rings. The van der Waals surface area contributed by atoms with E-state index in [0.717, 1.165) is 19.3 Å². The third-order valence-electron chi connectivity index (χ3n) is 3.30. The van der Waals surface area contributed by atoms with E-state index in [1.165, 1.54) is 51.4 Å². The molecule has 3 N–H and O–H groups in total. The van der Waals surface area contributed by atoms with Crippen LogP contribution in [0.4, 0.5) is 0 Å². The van der Waals surface area contributed by atoms with Gasteiger partial charge in [0.15, 0.2) is 0 Å². The number of hydrogen-bond acceptors (Lipinski definition) is 2. The molecule has 1 unspecified atom stereocenters. The van der Waals surface area contributed by atoms with Crippen molar-refractivity contribution in [2.24, 2.45) is 5.73 Å². The fraction of sp³-hybridized carbons (Fsp3) is 0.933. The van der Waals surface area contributed by atoms with Gasteiger partial charge in [-0.2, -0.15) is 0 Å². The predicted molar refractivity (Wildman–Crippen MR) is 76.7 cm³/mol. The van der Waals surface area contributed by atoms with Crippen molar-refractivity contribution in [1.82, 2.24) is 0 Å². The van der Waals surface area contributed by atoms with Crippen LogP contribution in [0.2, 0.25) is 0 Å². The average molecular weight is 257 g/mol. The normalized spacial score (nSPS) is 12.6. The summed E-state index contributed by atoms with van der Waals surface area (Å²) in [7, 11) is 0. The second kappa shape index (κ2) is 12.9. The number of rotatable bonds is 13. The molecular formula is C15H31NO2. The van der Waals surface area contributed by atoms with Crippen molar-refractivity contribution >= 4 is 5.97 Å². The van der Waals surface area contributed by atoms with Crippen LogP contribution in [0.25, 0.3) is 0 Å². The number of carboxylic acid groups (broad SMARTS) is 1. The summed E-state index contributed by atoms with van der Waals surface area (Å²) in [6, 6.07) is 0.357. The first-order valence-electron chi connectivity index (χ1n) is 7.60. The van der Waals surface area contributed by atoms with Gasteiger partial charge in [0, 0.05) is 12.5 Å². The van der Waals surface area contributed by atoms with Gasteiger partial charge in [-0.1, -0.05) is 57.8 Å². The Bertz CT molecular complexity index is 193. The molecule has 3 nitrogen and oxygen atoms in total. The first-order chi connectivity index (χ1) is 8.63. The maximum absolute atomic E-state index is 10.3. The smallest absolute Gasteiger partial charge is 0.303 e. The largest absolute Gasteiger partial charge is 0.481 e. The van der Waals surface area contributed by atoms with Crippen LogP contribution in [0.1, 0.15) is 84.0 Å². The van der Waals surface area contributed by atoms with Crippen LogP contribution >= 0.6 is 0 Å². The minimum Gasteiger partial charge on any atom is -0.481 e. The summed E-state index contributed by atoms with van der Waals surface area (Å²) in [6.07, 6.45) is 13.8. The summed E-state index contributed by atoms with van der Waals surface area (Å²) in [6.45, 7) is 2.07. The quantitative estimate of drug-likeness (QED) is 0.488. The number of aliphatic carboxylic acids is 1. The van der Waals surface area contributed by atoms with Crippen molar-refractivity contribution < 1.29 is 9.90 Å². The van der Waals surface area contributed by atoms with Gasteiger partial charge in [-0.05, 0) is 19.8 Å². The lowest BCUT2D eigenvalue weighted by atomic mass is 10.0. The zero-order valence-corrected chi connectivity index (χ0v) is 12.0. The zero-order chi connectivity index (χ0) is 13.6. The monoisotopic (exact) mass is 257 g/mol. The van der Waals surface area contributed by atoms with E-state index in [-0.39, 0.29) is 0 Å². The third kappa shape index (κ3) is 15.4. The van der Waals surface area contributed by atoms with Crippen molar-refractivity contribution in [2.45, 2.75) is 90.0 Å². The Hall–Kier alpha value is -0.570. The van der Waals surface area contributed by atoms with Gasteiger partial charge in [-0.25, -0.2) is 0 Å². The highest BCUT2D eigenvalue weighted by atomic mass is 16.4. The van der Waals surface area contributed by atoms with Crippen molar-refractivity contribution in [3.63, 3.8) is 0 Å². The van der Waals surface area contributed by atoms with Crippen molar-refractivity contribution in [3.05, 3.63) is 0 Å². The molecule has 18 heavy (non-hydrogen) atoms. The summed E-state index contributed by atoms with van der Waals surface area (Å²) >= 11 is 0. The van der Waals surface area contributed by atoms with Gasteiger partial charge in [0.25, 0.3) is 0 Å². The average Bonchev–Trinajstić information content (AvgIpc) is 2.29.